The molecule has 0 saturated carbocycles. The molecule has 0 fully saturated rings. The third-order valence-corrected chi connectivity index (χ3v) is 4.09. The minimum absolute atomic E-state index is 0.149. The van der Waals surface area contributed by atoms with Crippen LogP contribution in [0.3, 0.4) is 0 Å². The molecule has 4 aromatic carbocycles. The number of para-hydroxylation sites is 1. The number of nitrogens with zero attached hydrogens (tertiary/aromatic N) is 1. The van der Waals surface area contributed by atoms with Gasteiger partial charge in [0.2, 0.25) is 0 Å². The second kappa shape index (κ2) is 5.70. The van der Waals surface area contributed by atoms with Crippen LogP contribution in [0.25, 0.3) is 21.5 Å². The minimum atomic E-state index is -0.159. The normalized spacial score (nSPS) is 11.5. The lowest BCUT2D eigenvalue weighted by Crippen LogP contribution is -1.82. The number of phenols is 2. The van der Waals surface area contributed by atoms with Crippen LogP contribution in [0.1, 0.15) is 5.56 Å². The van der Waals surface area contributed by atoms with Gasteiger partial charge in [0.25, 0.3) is 0 Å². The van der Waals surface area contributed by atoms with E-state index in [4.69, 9.17) is 0 Å². The number of hydrogen-bond acceptors (Lipinski definition) is 3. The molecule has 0 spiro atoms. The fraction of sp³-hybridized carbons (Fsp3) is 0. The summed E-state index contributed by atoms with van der Waals surface area (Å²) in [7, 11) is 0. The summed E-state index contributed by atoms with van der Waals surface area (Å²) in [4.78, 5) is 4.41. The zero-order valence-electron chi connectivity index (χ0n) is 12.8. The Hall–Kier alpha value is -3.33. The highest BCUT2D eigenvalue weighted by Gasteiger charge is 2.03. The molecule has 4 aromatic rings. The van der Waals surface area contributed by atoms with Gasteiger partial charge in [-0.25, -0.2) is 0 Å². The van der Waals surface area contributed by atoms with Crippen molar-refractivity contribution in [2.45, 2.75) is 0 Å². The number of fused-ring (bicyclic) bond motifs is 2. The maximum absolute atomic E-state index is 9.82. The van der Waals surface area contributed by atoms with E-state index in [9.17, 15) is 10.2 Å². The van der Waals surface area contributed by atoms with E-state index in [0.717, 1.165) is 16.5 Å². The Kier molecular flexibility index (Phi) is 3.39. The van der Waals surface area contributed by atoms with E-state index in [1.165, 1.54) is 16.8 Å². The third kappa shape index (κ3) is 2.57. The van der Waals surface area contributed by atoms with Crippen molar-refractivity contribution in [2.24, 2.45) is 4.99 Å². The number of rotatable bonds is 2. The molecule has 0 aliphatic rings. The van der Waals surface area contributed by atoms with Crippen LogP contribution >= 0.6 is 0 Å². The Morgan fingerprint density at radius 3 is 2.17 bits per heavy atom. The molecule has 0 aliphatic heterocycles. The standard InChI is InChI=1S/C21H15NO2/c23-20-7-3-6-17(21(20)24)13-22-19-9-8-16-10-14-4-1-2-5-15(14)11-18(16)12-19/h1-13,23-24H. The number of hydrogen-bond donors (Lipinski definition) is 2. The molecule has 0 bridgehead atoms. The van der Waals surface area contributed by atoms with Crippen LogP contribution in [-0.4, -0.2) is 16.4 Å². The Morgan fingerprint density at radius 2 is 1.38 bits per heavy atom. The van der Waals surface area contributed by atoms with Crippen LogP contribution in [0.4, 0.5) is 5.69 Å². The summed E-state index contributed by atoms with van der Waals surface area (Å²) < 4.78 is 0. The van der Waals surface area contributed by atoms with Crippen LogP contribution in [0, 0.1) is 0 Å². The summed E-state index contributed by atoms with van der Waals surface area (Å²) in [5.41, 5.74) is 1.27. The number of phenolic OH excluding ortho intramolecular Hbond substituents is 2. The van der Waals surface area contributed by atoms with Crippen molar-refractivity contribution in [3.05, 3.63) is 78.4 Å². The van der Waals surface area contributed by atoms with Gasteiger partial charge in [-0.3, -0.25) is 4.99 Å². The van der Waals surface area contributed by atoms with Gasteiger partial charge < -0.3 is 10.2 Å². The molecule has 0 aromatic heterocycles. The van der Waals surface area contributed by atoms with E-state index in [2.05, 4.69) is 29.3 Å². The first kappa shape index (κ1) is 14.3. The Bertz CT molecular complexity index is 1080. The maximum atomic E-state index is 9.82. The summed E-state index contributed by atoms with van der Waals surface area (Å²) in [6, 6.07) is 23.4. The van der Waals surface area contributed by atoms with E-state index in [-0.39, 0.29) is 11.5 Å². The predicted molar refractivity (Wildman–Crippen MR) is 98.5 cm³/mol. The largest absolute Gasteiger partial charge is 0.504 e. The molecule has 4 rings (SSSR count). The second-order valence-electron chi connectivity index (χ2n) is 5.70. The van der Waals surface area contributed by atoms with Crippen LogP contribution in [0.15, 0.2) is 77.8 Å². The van der Waals surface area contributed by atoms with Gasteiger partial charge in [-0.2, -0.15) is 0 Å². The number of aliphatic imine (C=N–C) groups is 1. The molecule has 0 amide bonds. The lowest BCUT2D eigenvalue weighted by molar-refractivity contribution is 0.403. The summed E-state index contributed by atoms with van der Waals surface area (Å²) >= 11 is 0. The Morgan fingerprint density at radius 1 is 0.667 bits per heavy atom. The average Bonchev–Trinajstić information content (AvgIpc) is 2.61. The van der Waals surface area contributed by atoms with Gasteiger partial charge in [0.05, 0.1) is 5.69 Å². The van der Waals surface area contributed by atoms with E-state index in [1.807, 2.05) is 30.3 Å². The molecule has 0 heterocycles. The fourth-order valence-electron chi connectivity index (χ4n) is 2.80. The second-order valence-corrected chi connectivity index (χ2v) is 5.70. The van der Waals surface area contributed by atoms with E-state index in [1.54, 1.807) is 18.3 Å². The van der Waals surface area contributed by atoms with Crippen LogP contribution in [-0.2, 0) is 0 Å². The molecule has 0 aliphatic carbocycles. The van der Waals surface area contributed by atoms with E-state index >= 15 is 0 Å². The van der Waals surface area contributed by atoms with Gasteiger partial charge in [-0.15, -0.1) is 0 Å². The molecule has 0 radical (unpaired) electrons. The highest BCUT2D eigenvalue weighted by Crippen LogP contribution is 2.29. The SMILES string of the molecule is Oc1cccc(C=Nc2ccc3cc4ccccc4cc3c2)c1O. The molecule has 0 unspecified atom stereocenters. The molecule has 3 nitrogen and oxygen atoms in total. The summed E-state index contributed by atoms with van der Waals surface area (Å²) in [5.74, 6) is -0.308. The minimum Gasteiger partial charge on any atom is -0.504 e. The van der Waals surface area contributed by atoms with Gasteiger partial charge in [0.15, 0.2) is 11.5 Å². The quantitative estimate of drug-likeness (QED) is 0.305. The smallest absolute Gasteiger partial charge is 0.166 e. The van der Waals surface area contributed by atoms with E-state index < -0.39 is 0 Å². The van der Waals surface area contributed by atoms with Crippen LogP contribution in [0.5, 0.6) is 11.5 Å². The van der Waals surface area contributed by atoms with Gasteiger partial charge in [0, 0.05) is 11.8 Å². The maximum Gasteiger partial charge on any atom is 0.166 e. The first-order valence-corrected chi connectivity index (χ1v) is 7.68. The molecule has 3 heteroatoms. The number of aromatic hydroxyl groups is 2. The van der Waals surface area contributed by atoms with E-state index in [0.29, 0.717) is 5.56 Å². The predicted octanol–water partition coefficient (Wildman–Crippen LogP) is 5.15. The molecule has 2 N–H and O–H groups in total. The average molecular weight is 313 g/mol. The first-order chi connectivity index (χ1) is 11.7. The van der Waals surface area contributed by atoms with Gasteiger partial charge in [-0.1, -0.05) is 36.4 Å². The van der Waals surface area contributed by atoms with Crippen molar-refractivity contribution < 1.29 is 10.2 Å². The molecular formula is C21H15NO2. The van der Waals surface area contributed by atoms with Gasteiger partial charge in [0.1, 0.15) is 0 Å². The van der Waals surface area contributed by atoms with Crippen LogP contribution < -0.4 is 0 Å². The fourth-order valence-corrected chi connectivity index (χ4v) is 2.80. The zero-order chi connectivity index (χ0) is 16.5. The van der Waals surface area contributed by atoms with Crippen molar-refractivity contribution in [2.75, 3.05) is 0 Å². The lowest BCUT2D eigenvalue weighted by Gasteiger charge is -2.04. The van der Waals surface area contributed by atoms with Crippen LogP contribution in [0.2, 0.25) is 0 Å². The molecule has 0 atom stereocenters. The Balaban J connectivity index is 1.75. The Labute approximate surface area is 139 Å². The lowest BCUT2D eigenvalue weighted by atomic mass is 10.0. The number of benzene rings is 4. The van der Waals surface area contributed by atoms with Crippen molar-refractivity contribution >= 4 is 33.4 Å². The molecule has 0 saturated heterocycles. The first-order valence-electron chi connectivity index (χ1n) is 7.68. The van der Waals surface area contributed by atoms with Crippen molar-refractivity contribution in [3.63, 3.8) is 0 Å². The van der Waals surface area contributed by atoms with Crippen molar-refractivity contribution in [1.29, 1.82) is 0 Å². The van der Waals surface area contributed by atoms with Crippen molar-refractivity contribution in [3.8, 4) is 11.5 Å². The van der Waals surface area contributed by atoms with Gasteiger partial charge in [-0.05, 0) is 57.9 Å². The zero-order valence-corrected chi connectivity index (χ0v) is 12.8. The topological polar surface area (TPSA) is 52.8 Å². The molecule has 24 heavy (non-hydrogen) atoms. The third-order valence-electron chi connectivity index (χ3n) is 4.09. The molecular weight excluding hydrogens is 298 g/mol. The monoisotopic (exact) mass is 313 g/mol. The summed E-state index contributed by atoms with van der Waals surface area (Å²) in [5, 5.41) is 24.0. The summed E-state index contributed by atoms with van der Waals surface area (Å²) in [6.45, 7) is 0. The highest BCUT2D eigenvalue weighted by atomic mass is 16.3. The molecule has 116 valence electrons. The summed E-state index contributed by atoms with van der Waals surface area (Å²) in [6.07, 6.45) is 1.55. The highest BCUT2D eigenvalue weighted by molar-refractivity contribution is 5.99. The van der Waals surface area contributed by atoms with Crippen molar-refractivity contribution in [1.82, 2.24) is 0 Å². The van der Waals surface area contributed by atoms with Gasteiger partial charge >= 0.3 is 0 Å².